The Hall–Kier alpha value is -2.00. The van der Waals surface area contributed by atoms with Gasteiger partial charge in [-0.15, -0.1) is 0 Å². The van der Waals surface area contributed by atoms with E-state index in [1.807, 2.05) is 31.3 Å². The minimum absolute atomic E-state index is 0.765. The Morgan fingerprint density at radius 2 is 1.68 bits per heavy atom. The molecular weight excluding hydrogens is 308 g/mol. The van der Waals surface area contributed by atoms with Crippen molar-refractivity contribution in [1.82, 2.24) is 4.90 Å². The third-order valence-electron chi connectivity index (χ3n) is 5.17. The summed E-state index contributed by atoms with van der Waals surface area (Å²) in [5.74, 6) is 1.78. The molecule has 1 N–H and O–H groups in total. The Balaban J connectivity index is 1.35. The molecule has 0 atom stereocenters. The van der Waals surface area contributed by atoms with Gasteiger partial charge in [-0.1, -0.05) is 29.8 Å². The van der Waals surface area contributed by atoms with E-state index in [4.69, 9.17) is 4.74 Å². The predicted molar refractivity (Wildman–Crippen MR) is 106 cm³/mol. The van der Waals surface area contributed by atoms with Gasteiger partial charge in [-0.05, 0) is 75.0 Å². The minimum atomic E-state index is 0.765. The van der Waals surface area contributed by atoms with Crippen molar-refractivity contribution in [3.63, 3.8) is 0 Å². The van der Waals surface area contributed by atoms with E-state index in [1.165, 1.54) is 43.5 Å². The van der Waals surface area contributed by atoms with E-state index in [2.05, 4.69) is 41.4 Å². The highest BCUT2D eigenvalue weighted by molar-refractivity contribution is 5.45. The minimum Gasteiger partial charge on any atom is -0.492 e. The smallest absolute Gasteiger partial charge is 0.119 e. The molecule has 0 bridgehead atoms. The van der Waals surface area contributed by atoms with Crippen molar-refractivity contribution < 1.29 is 4.74 Å². The molecule has 3 rings (SSSR count). The van der Waals surface area contributed by atoms with Crippen LogP contribution in [0.2, 0.25) is 0 Å². The monoisotopic (exact) mass is 338 g/mol. The van der Waals surface area contributed by atoms with Gasteiger partial charge < -0.3 is 10.1 Å². The summed E-state index contributed by atoms with van der Waals surface area (Å²) in [6, 6.07) is 17.2. The fraction of sp³-hybridized carbons (Fsp3) is 0.455. The molecule has 0 radical (unpaired) electrons. The Morgan fingerprint density at radius 3 is 2.32 bits per heavy atom. The van der Waals surface area contributed by atoms with Crippen molar-refractivity contribution in [2.45, 2.75) is 26.2 Å². The number of aryl methyl sites for hydroxylation is 1. The molecule has 1 saturated heterocycles. The topological polar surface area (TPSA) is 24.5 Å². The maximum absolute atomic E-state index is 5.87. The zero-order valence-corrected chi connectivity index (χ0v) is 15.5. The van der Waals surface area contributed by atoms with Crippen LogP contribution in [0.1, 0.15) is 24.0 Å². The first kappa shape index (κ1) is 17.8. The van der Waals surface area contributed by atoms with Gasteiger partial charge in [0, 0.05) is 19.3 Å². The molecule has 3 heteroatoms. The van der Waals surface area contributed by atoms with Crippen LogP contribution in [-0.2, 0) is 6.42 Å². The van der Waals surface area contributed by atoms with Gasteiger partial charge in [0.1, 0.15) is 12.4 Å². The lowest BCUT2D eigenvalue weighted by Gasteiger charge is -2.32. The largest absolute Gasteiger partial charge is 0.492 e. The van der Waals surface area contributed by atoms with Crippen molar-refractivity contribution in [2.24, 2.45) is 5.92 Å². The lowest BCUT2D eigenvalue weighted by atomic mass is 9.90. The summed E-state index contributed by atoms with van der Waals surface area (Å²) < 4.78 is 5.87. The summed E-state index contributed by atoms with van der Waals surface area (Å²) in [6.45, 7) is 6.32. The molecule has 0 unspecified atom stereocenters. The molecule has 1 aliphatic heterocycles. The zero-order valence-electron chi connectivity index (χ0n) is 15.5. The second kappa shape index (κ2) is 8.91. The highest BCUT2D eigenvalue weighted by atomic mass is 16.5. The normalized spacial score (nSPS) is 15.9. The third kappa shape index (κ3) is 5.50. The van der Waals surface area contributed by atoms with Gasteiger partial charge in [0.05, 0.1) is 0 Å². The summed E-state index contributed by atoms with van der Waals surface area (Å²) >= 11 is 0. The van der Waals surface area contributed by atoms with Gasteiger partial charge >= 0.3 is 0 Å². The molecule has 0 aromatic heterocycles. The average Bonchev–Trinajstić information content (AvgIpc) is 2.66. The maximum atomic E-state index is 5.87. The Kier molecular flexibility index (Phi) is 6.35. The van der Waals surface area contributed by atoms with E-state index < -0.39 is 0 Å². The highest BCUT2D eigenvalue weighted by Gasteiger charge is 2.19. The summed E-state index contributed by atoms with van der Waals surface area (Å²) in [7, 11) is 1.93. The zero-order chi connectivity index (χ0) is 17.5. The van der Waals surface area contributed by atoms with Crippen molar-refractivity contribution in [3.05, 3.63) is 59.7 Å². The first-order valence-electron chi connectivity index (χ1n) is 9.41. The van der Waals surface area contributed by atoms with Crippen LogP contribution in [0.5, 0.6) is 5.75 Å². The number of hydrogen-bond acceptors (Lipinski definition) is 3. The Bertz CT molecular complexity index is 628. The fourth-order valence-electron chi connectivity index (χ4n) is 3.48. The molecule has 1 aliphatic rings. The molecule has 134 valence electrons. The van der Waals surface area contributed by atoms with Crippen LogP contribution in [0.25, 0.3) is 0 Å². The number of likely N-dealkylation sites (tertiary alicyclic amines) is 1. The summed E-state index contributed by atoms with van der Waals surface area (Å²) in [4.78, 5) is 2.54. The van der Waals surface area contributed by atoms with E-state index in [0.717, 1.165) is 30.5 Å². The summed E-state index contributed by atoms with van der Waals surface area (Å²) in [6.07, 6.45) is 3.82. The van der Waals surface area contributed by atoms with Crippen LogP contribution in [0.4, 0.5) is 5.69 Å². The Morgan fingerprint density at radius 1 is 1.00 bits per heavy atom. The Labute approximate surface area is 152 Å². The summed E-state index contributed by atoms with van der Waals surface area (Å²) in [5.41, 5.74) is 3.94. The number of benzene rings is 2. The third-order valence-corrected chi connectivity index (χ3v) is 5.17. The number of rotatable bonds is 7. The molecule has 2 aromatic carbocycles. The average molecular weight is 338 g/mol. The van der Waals surface area contributed by atoms with Crippen LogP contribution in [0.15, 0.2) is 48.5 Å². The van der Waals surface area contributed by atoms with Crippen LogP contribution >= 0.6 is 0 Å². The van der Waals surface area contributed by atoms with E-state index in [0.29, 0.717) is 0 Å². The molecule has 3 nitrogen and oxygen atoms in total. The molecule has 2 aromatic rings. The number of nitrogens with one attached hydrogen (secondary N) is 1. The van der Waals surface area contributed by atoms with Crippen molar-refractivity contribution >= 4 is 5.69 Å². The molecule has 0 spiro atoms. The first-order chi connectivity index (χ1) is 12.2. The van der Waals surface area contributed by atoms with E-state index >= 15 is 0 Å². The first-order valence-corrected chi connectivity index (χ1v) is 9.41. The van der Waals surface area contributed by atoms with Crippen LogP contribution in [0.3, 0.4) is 0 Å². The summed E-state index contributed by atoms with van der Waals surface area (Å²) in [5, 5.41) is 3.12. The molecule has 25 heavy (non-hydrogen) atoms. The van der Waals surface area contributed by atoms with Gasteiger partial charge in [0.2, 0.25) is 0 Å². The predicted octanol–water partition coefficient (Wildman–Crippen LogP) is 4.37. The maximum Gasteiger partial charge on any atom is 0.119 e. The van der Waals surface area contributed by atoms with Crippen molar-refractivity contribution in [2.75, 3.05) is 38.6 Å². The number of piperidine rings is 1. The van der Waals surface area contributed by atoms with E-state index in [1.54, 1.807) is 0 Å². The van der Waals surface area contributed by atoms with Crippen molar-refractivity contribution in [1.29, 1.82) is 0 Å². The lowest BCUT2D eigenvalue weighted by Crippen LogP contribution is -2.37. The van der Waals surface area contributed by atoms with Gasteiger partial charge in [-0.25, -0.2) is 0 Å². The second-order valence-electron chi connectivity index (χ2n) is 7.10. The number of hydrogen-bond donors (Lipinski definition) is 1. The lowest BCUT2D eigenvalue weighted by molar-refractivity contribution is 0.155. The number of nitrogens with zero attached hydrogens (tertiary/aromatic N) is 1. The van der Waals surface area contributed by atoms with Gasteiger partial charge in [0.25, 0.3) is 0 Å². The fourth-order valence-corrected chi connectivity index (χ4v) is 3.48. The molecule has 0 amide bonds. The molecular formula is C22H30N2O. The van der Waals surface area contributed by atoms with Gasteiger partial charge in [-0.2, -0.15) is 0 Å². The van der Waals surface area contributed by atoms with E-state index in [9.17, 15) is 0 Å². The number of anilines is 1. The van der Waals surface area contributed by atoms with Crippen molar-refractivity contribution in [3.8, 4) is 5.75 Å². The van der Waals surface area contributed by atoms with Gasteiger partial charge in [-0.3, -0.25) is 4.90 Å². The SMILES string of the molecule is CNc1ccc(OCCN2CCC(Cc3ccc(C)cc3)CC2)cc1. The standard InChI is InChI=1S/C22H30N2O/c1-18-3-5-19(6-4-18)17-20-11-13-24(14-12-20)15-16-25-22-9-7-21(23-2)8-10-22/h3-10,20,23H,11-17H2,1-2H3. The second-order valence-corrected chi connectivity index (χ2v) is 7.10. The van der Waals surface area contributed by atoms with Crippen LogP contribution in [0, 0.1) is 12.8 Å². The molecule has 0 saturated carbocycles. The molecule has 0 aliphatic carbocycles. The molecule has 1 heterocycles. The van der Waals surface area contributed by atoms with Crippen LogP contribution in [-0.4, -0.2) is 38.2 Å². The van der Waals surface area contributed by atoms with E-state index in [-0.39, 0.29) is 0 Å². The highest BCUT2D eigenvalue weighted by Crippen LogP contribution is 2.22. The molecule has 1 fully saturated rings. The van der Waals surface area contributed by atoms with Crippen LogP contribution < -0.4 is 10.1 Å². The quantitative estimate of drug-likeness (QED) is 0.811. The van der Waals surface area contributed by atoms with Gasteiger partial charge in [0.15, 0.2) is 0 Å². The number of ether oxygens (including phenoxy) is 1.